The molecule has 0 saturated heterocycles. The molecule has 10 heteroatoms. The molecule has 48 heavy (non-hydrogen) atoms. The standard InChI is InChI=1S/C38H35N3O6S/c1-45-34-19-17-28(23-35(34)46-2)24-41-25-30(18-20-36(41)42)37-31-15-9-10-16-32(31)39-38(40-37)48(43,44)22-21-33(29-13-7-4-8-14-29)47-26-27-11-5-3-6-12-27/h3-20,23,25,33H,21-22,24,26H2,1-2H3. The van der Waals surface area contributed by atoms with Crippen LogP contribution < -0.4 is 15.0 Å². The van der Waals surface area contributed by atoms with E-state index in [2.05, 4.69) is 9.97 Å². The minimum absolute atomic E-state index is 0.209. The van der Waals surface area contributed by atoms with Gasteiger partial charge in [-0.05, 0) is 47.4 Å². The predicted molar refractivity (Wildman–Crippen MR) is 185 cm³/mol. The van der Waals surface area contributed by atoms with E-state index in [1.54, 1.807) is 49.2 Å². The van der Waals surface area contributed by atoms with Crippen LogP contribution in [0.25, 0.3) is 22.2 Å². The van der Waals surface area contributed by atoms with Gasteiger partial charge in [0.25, 0.3) is 5.56 Å². The third-order valence-corrected chi connectivity index (χ3v) is 9.54. The maximum Gasteiger partial charge on any atom is 0.250 e. The zero-order valence-corrected chi connectivity index (χ0v) is 27.5. The SMILES string of the molecule is COc1ccc(Cn2cc(-c3nc(S(=O)(=O)CCC(OCc4ccccc4)c4ccccc4)nc4ccccc34)ccc2=O)cc1OC. The van der Waals surface area contributed by atoms with E-state index >= 15 is 0 Å². The smallest absolute Gasteiger partial charge is 0.250 e. The highest BCUT2D eigenvalue weighted by atomic mass is 32.2. The van der Waals surface area contributed by atoms with Crippen LogP contribution in [0.3, 0.4) is 0 Å². The summed E-state index contributed by atoms with van der Waals surface area (Å²) in [5.74, 6) is 0.912. The van der Waals surface area contributed by atoms with Gasteiger partial charge in [-0.1, -0.05) is 84.9 Å². The number of para-hydroxylation sites is 1. The average molecular weight is 662 g/mol. The topological polar surface area (TPSA) is 110 Å². The van der Waals surface area contributed by atoms with Crippen LogP contribution in [0.1, 0.15) is 29.2 Å². The molecule has 2 heterocycles. The maximum absolute atomic E-state index is 13.9. The average Bonchev–Trinajstić information content (AvgIpc) is 3.12. The number of pyridine rings is 1. The number of rotatable bonds is 13. The van der Waals surface area contributed by atoms with E-state index in [1.807, 2.05) is 84.9 Å². The third-order valence-electron chi connectivity index (χ3n) is 8.03. The van der Waals surface area contributed by atoms with Crippen LogP contribution in [0.15, 0.2) is 131 Å². The number of fused-ring (bicyclic) bond motifs is 1. The number of methoxy groups -OCH3 is 2. The largest absolute Gasteiger partial charge is 0.493 e. The molecule has 0 aliphatic rings. The van der Waals surface area contributed by atoms with E-state index in [0.717, 1.165) is 16.7 Å². The lowest BCUT2D eigenvalue weighted by atomic mass is 10.1. The van der Waals surface area contributed by atoms with Crippen LogP contribution in [0.2, 0.25) is 0 Å². The fourth-order valence-corrected chi connectivity index (χ4v) is 6.70. The number of sulfone groups is 1. The number of nitrogens with zero attached hydrogens (tertiary/aromatic N) is 3. The highest BCUT2D eigenvalue weighted by molar-refractivity contribution is 7.91. The second kappa shape index (κ2) is 14.6. The van der Waals surface area contributed by atoms with Gasteiger partial charge in [0, 0.05) is 23.2 Å². The molecule has 0 fully saturated rings. The zero-order valence-electron chi connectivity index (χ0n) is 26.7. The minimum atomic E-state index is -3.95. The van der Waals surface area contributed by atoms with Crippen molar-refractivity contribution in [2.75, 3.05) is 20.0 Å². The first kappa shape index (κ1) is 32.6. The summed E-state index contributed by atoms with van der Waals surface area (Å²) in [5, 5.41) is 0.393. The molecule has 6 rings (SSSR count). The molecule has 244 valence electrons. The summed E-state index contributed by atoms with van der Waals surface area (Å²) in [6.07, 6.45) is 1.44. The number of hydrogen-bond acceptors (Lipinski definition) is 8. The number of hydrogen-bond donors (Lipinski definition) is 0. The second-order valence-electron chi connectivity index (χ2n) is 11.2. The van der Waals surface area contributed by atoms with E-state index in [-0.39, 0.29) is 29.4 Å². The van der Waals surface area contributed by atoms with Crippen molar-refractivity contribution in [1.82, 2.24) is 14.5 Å². The van der Waals surface area contributed by atoms with Crippen molar-refractivity contribution in [3.8, 4) is 22.8 Å². The quantitative estimate of drug-likeness (QED) is 0.127. The van der Waals surface area contributed by atoms with Gasteiger partial charge in [-0.25, -0.2) is 18.4 Å². The summed E-state index contributed by atoms with van der Waals surface area (Å²) >= 11 is 0. The molecule has 0 spiro atoms. The lowest BCUT2D eigenvalue weighted by Crippen LogP contribution is -2.19. The van der Waals surface area contributed by atoms with E-state index in [4.69, 9.17) is 14.2 Å². The van der Waals surface area contributed by atoms with Crippen LogP contribution in [-0.4, -0.2) is 42.9 Å². The Morgan fingerprint density at radius 3 is 2.21 bits per heavy atom. The molecular formula is C38H35N3O6S. The van der Waals surface area contributed by atoms with Gasteiger partial charge in [0.1, 0.15) is 0 Å². The Balaban J connectivity index is 1.31. The van der Waals surface area contributed by atoms with Gasteiger partial charge < -0.3 is 18.8 Å². The first-order valence-electron chi connectivity index (χ1n) is 15.5. The molecule has 0 saturated carbocycles. The summed E-state index contributed by atoms with van der Waals surface area (Å²) in [5.41, 5.74) is 3.97. The van der Waals surface area contributed by atoms with Crippen LogP contribution in [0.5, 0.6) is 11.5 Å². The van der Waals surface area contributed by atoms with Gasteiger partial charge in [-0.3, -0.25) is 4.79 Å². The monoisotopic (exact) mass is 661 g/mol. The van der Waals surface area contributed by atoms with E-state index in [1.165, 1.54) is 6.07 Å². The molecule has 4 aromatic carbocycles. The fourth-order valence-electron chi connectivity index (χ4n) is 5.52. The van der Waals surface area contributed by atoms with Gasteiger partial charge in [0.2, 0.25) is 15.0 Å². The molecule has 2 aromatic heterocycles. The zero-order chi connectivity index (χ0) is 33.5. The van der Waals surface area contributed by atoms with Crippen LogP contribution >= 0.6 is 0 Å². The Morgan fingerprint density at radius 2 is 1.46 bits per heavy atom. The maximum atomic E-state index is 13.9. The Morgan fingerprint density at radius 1 is 0.750 bits per heavy atom. The van der Waals surface area contributed by atoms with Crippen LogP contribution in [-0.2, 0) is 27.7 Å². The van der Waals surface area contributed by atoms with Crippen molar-refractivity contribution in [2.24, 2.45) is 0 Å². The van der Waals surface area contributed by atoms with Crippen molar-refractivity contribution in [3.05, 3.63) is 149 Å². The summed E-state index contributed by atoms with van der Waals surface area (Å²) in [6.45, 7) is 0.598. The van der Waals surface area contributed by atoms with Crippen molar-refractivity contribution < 1.29 is 22.6 Å². The van der Waals surface area contributed by atoms with E-state index in [9.17, 15) is 13.2 Å². The molecule has 0 aliphatic carbocycles. The highest BCUT2D eigenvalue weighted by Gasteiger charge is 2.24. The molecule has 0 radical (unpaired) electrons. The van der Waals surface area contributed by atoms with E-state index in [0.29, 0.717) is 40.3 Å². The molecule has 0 bridgehead atoms. The van der Waals surface area contributed by atoms with Crippen molar-refractivity contribution in [1.29, 1.82) is 0 Å². The molecule has 1 atom stereocenters. The Hall–Kier alpha value is -5.32. The molecule has 1 unspecified atom stereocenters. The molecule has 9 nitrogen and oxygen atoms in total. The summed E-state index contributed by atoms with van der Waals surface area (Å²) < 4.78 is 46.4. The van der Waals surface area contributed by atoms with Crippen LogP contribution in [0.4, 0.5) is 0 Å². The predicted octanol–water partition coefficient (Wildman–Crippen LogP) is 6.65. The lowest BCUT2D eigenvalue weighted by Gasteiger charge is -2.19. The van der Waals surface area contributed by atoms with Crippen LogP contribution in [0, 0.1) is 0 Å². The van der Waals surface area contributed by atoms with Gasteiger partial charge in [-0.15, -0.1) is 0 Å². The first-order valence-corrected chi connectivity index (χ1v) is 17.1. The van der Waals surface area contributed by atoms with Gasteiger partial charge in [0.15, 0.2) is 11.5 Å². The van der Waals surface area contributed by atoms with Crippen molar-refractivity contribution in [3.63, 3.8) is 0 Å². The molecule has 0 aliphatic heterocycles. The van der Waals surface area contributed by atoms with Gasteiger partial charge >= 0.3 is 0 Å². The Bertz CT molecular complexity index is 2190. The molecular weight excluding hydrogens is 627 g/mol. The molecule has 6 aromatic rings. The second-order valence-corrected chi connectivity index (χ2v) is 13.3. The first-order chi connectivity index (χ1) is 23.3. The summed E-state index contributed by atoms with van der Waals surface area (Å²) in [6, 6.07) is 35.2. The Kier molecular flexibility index (Phi) is 9.94. The molecule has 0 N–H and O–H groups in total. The van der Waals surface area contributed by atoms with E-state index < -0.39 is 15.9 Å². The van der Waals surface area contributed by atoms with Crippen molar-refractivity contribution >= 4 is 20.7 Å². The minimum Gasteiger partial charge on any atom is -0.493 e. The highest BCUT2D eigenvalue weighted by Crippen LogP contribution is 2.30. The van der Waals surface area contributed by atoms with Gasteiger partial charge in [0.05, 0.1) is 50.4 Å². The fraction of sp³-hybridized carbons (Fsp3) is 0.184. The number of benzene rings is 4. The number of aromatic nitrogens is 3. The Labute approximate surface area is 279 Å². The molecule has 0 amide bonds. The van der Waals surface area contributed by atoms with Gasteiger partial charge in [-0.2, -0.15) is 0 Å². The lowest BCUT2D eigenvalue weighted by molar-refractivity contribution is 0.0376. The third kappa shape index (κ3) is 7.46. The number of ether oxygens (including phenoxy) is 3. The van der Waals surface area contributed by atoms with Crippen molar-refractivity contribution in [2.45, 2.75) is 30.8 Å². The summed E-state index contributed by atoms with van der Waals surface area (Å²) in [4.78, 5) is 22.1. The normalized spacial score (nSPS) is 12.1. The summed E-state index contributed by atoms with van der Waals surface area (Å²) in [7, 11) is -0.828.